The number of pyridine rings is 1. The molecule has 4 N–H and O–H groups in total. The first kappa shape index (κ1) is 8.55. The maximum Gasteiger partial charge on any atom is 0.155 e. The highest BCUT2D eigenvalue weighted by Crippen LogP contribution is 2.12. The summed E-state index contributed by atoms with van der Waals surface area (Å²) < 4.78 is 1.66. The van der Waals surface area contributed by atoms with Gasteiger partial charge in [0, 0.05) is 29.7 Å². The van der Waals surface area contributed by atoms with Crippen molar-refractivity contribution in [2.24, 2.45) is 0 Å². The average molecular weight is 189 g/mol. The van der Waals surface area contributed by atoms with Crippen LogP contribution in [0.3, 0.4) is 0 Å². The Bertz CT molecular complexity index is 460. The van der Waals surface area contributed by atoms with E-state index in [0.29, 0.717) is 17.3 Å². The molecule has 0 amide bonds. The van der Waals surface area contributed by atoms with Crippen LogP contribution in [-0.4, -0.2) is 14.8 Å². The van der Waals surface area contributed by atoms with Crippen LogP contribution in [0.2, 0.25) is 0 Å². The molecule has 0 unspecified atom stereocenters. The second-order valence-corrected chi connectivity index (χ2v) is 3.07. The van der Waals surface area contributed by atoms with E-state index in [4.69, 9.17) is 11.5 Å². The van der Waals surface area contributed by atoms with E-state index in [0.717, 1.165) is 5.69 Å². The van der Waals surface area contributed by atoms with Crippen LogP contribution in [0.1, 0.15) is 5.69 Å². The number of aromatic nitrogens is 3. The summed E-state index contributed by atoms with van der Waals surface area (Å²) in [5, 5.41) is 4.10. The van der Waals surface area contributed by atoms with Crippen molar-refractivity contribution in [2.45, 2.75) is 6.92 Å². The molecule has 72 valence electrons. The van der Waals surface area contributed by atoms with E-state index >= 15 is 0 Å². The molecular formula is C9H11N5. The van der Waals surface area contributed by atoms with Crippen molar-refractivity contribution in [2.75, 3.05) is 11.5 Å². The lowest BCUT2D eigenvalue weighted by atomic mass is 10.4. The largest absolute Gasteiger partial charge is 0.399 e. The molecule has 2 aromatic rings. The van der Waals surface area contributed by atoms with Crippen molar-refractivity contribution in [3.63, 3.8) is 0 Å². The number of aryl methyl sites for hydroxylation is 1. The molecule has 0 atom stereocenters. The van der Waals surface area contributed by atoms with E-state index in [2.05, 4.69) is 10.1 Å². The van der Waals surface area contributed by atoms with Crippen LogP contribution in [0.25, 0.3) is 5.82 Å². The lowest BCUT2D eigenvalue weighted by Crippen LogP contribution is -2.02. The summed E-state index contributed by atoms with van der Waals surface area (Å²) in [5.74, 6) is 1.16. The van der Waals surface area contributed by atoms with Gasteiger partial charge in [0.2, 0.25) is 0 Å². The molecule has 0 aliphatic heterocycles. The van der Waals surface area contributed by atoms with Crippen LogP contribution in [-0.2, 0) is 0 Å². The highest BCUT2D eigenvalue weighted by molar-refractivity contribution is 5.44. The highest BCUT2D eigenvalue weighted by Gasteiger charge is 2.04. The third-order valence-electron chi connectivity index (χ3n) is 1.89. The van der Waals surface area contributed by atoms with Crippen LogP contribution < -0.4 is 11.5 Å². The van der Waals surface area contributed by atoms with E-state index in [9.17, 15) is 0 Å². The summed E-state index contributed by atoms with van der Waals surface area (Å²) >= 11 is 0. The lowest BCUT2D eigenvalue weighted by molar-refractivity contribution is 0.822. The molecular weight excluding hydrogens is 178 g/mol. The predicted molar refractivity (Wildman–Crippen MR) is 54.9 cm³/mol. The van der Waals surface area contributed by atoms with Crippen LogP contribution in [0, 0.1) is 6.92 Å². The topological polar surface area (TPSA) is 82.8 Å². The van der Waals surface area contributed by atoms with Gasteiger partial charge in [0.05, 0.1) is 0 Å². The molecule has 0 saturated heterocycles. The summed E-state index contributed by atoms with van der Waals surface area (Å²) in [7, 11) is 0. The van der Waals surface area contributed by atoms with E-state index < -0.39 is 0 Å². The number of hydrogen-bond acceptors (Lipinski definition) is 4. The third-order valence-corrected chi connectivity index (χ3v) is 1.89. The van der Waals surface area contributed by atoms with E-state index in [1.54, 1.807) is 29.1 Å². The zero-order valence-corrected chi connectivity index (χ0v) is 7.81. The number of hydrogen-bond donors (Lipinski definition) is 2. The molecule has 2 aromatic heterocycles. The number of anilines is 2. The van der Waals surface area contributed by atoms with Crippen molar-refractivity contribution in [3.8, 4) is 5.82 Å². The van der Waals surface area contributed by atoms with Gasteiger partial charge in [-0.25, -0.2) is 9.67 Å². The van der Waals surface area contributed by atoms with Gasteiger partial charge >= 0.3 is 0 Å². The molecule has 0 bridgehead atoms. The quantitative estimate of drug-likeness (QED) is 0.693. The smallest absolute Gasteiger partial charge is 0.155 e. The minimum Gasteiger partial charge on any atom is -0.399 e. The standard InChI is InChI=1S/C9H11N5/c1-6-4-8(11)13-14(6)9-5-7(10)2-3-12-9/h2-5H,1H3,(H2,10,12)(H2,11,13). The first-order chi connectivity index (χ1) is 6.66. The summed E-state index contributed by atoms with van der Waals surface area (Å²) in [5.41, 5.74) is 12.8. The Morgan fingerprint density at radius 1 is 1.29 bits per heavy atom. The Morgan fingerprint density at radius 3 is 2.64 bits per heavy atom. The zero-order chi connectivity index (χ0) is 10.1. The summed E-state index contributed by atoms with van der Waals surface area (Å²) in [6, 6.07) is 5.26. The first-order valence-corrected chi connectivity index (χ1v) is 4.21. The summed E-state index contributed by atoms with van der Waals surface area (Å²) in [4.78, 5) is 4.15. The highest BCUT2D eigenvalue weighted by atomic mass is 15.3. The lowest BCUT2D eigenvalue weighted by Gasteiger charge is -2.02. The maximum atomic E-state index is 5.64. The molecule has 14 heavy (non-hydrogen) atoms. The molecule has 0 saturated carbocycles. The fraction of sp³-hybridized carbons (Fsp3) is 0.111. The Morgan fingerprint density at radius 2 is 2.07 bits per heavy atom. The first-order valence-electron chi connectivity index (χ1n) is 4.21. The number of nitrogens with two attached hydrogens (primary N) is 2. The Hall–Kier alpha value is -2.04. The Labute approximate surface area is 81.4 Å². The van der Waals surface area contributed by atoms with Crippen molar-refractivity contribution in [3.05, 3.63) is 30.1 Å². The Kier molecular flexibility index (Phi) is 1.85. The van der Waals surface area contributed by atoms with Crippen LogP contribution in [0.4, 0.5) is 11.5 Å². The van der Waals surface area contributed by atoms with Gasteiger partial charge < -0.3 is 11.5 Å². The van der Waals surface area contributed by atoms with Gasteiger partial charge in [0.1, 0.15) is 5.82 Å². The van der Waals surface area contributed by atoms with Crippen molar-refractivity contribution in [1.82, 2.24) is 14.8 Å². The van der Waals surface area contributed by atoms with Gasteiger partial charge in [-0.15, -0.1) is 5.10 Å². The monoisotopic (exact) mass is 189 g/mol. The second kappa shape index (κ2) is 3.02. The van der Waals surface area contributed by atoms with Gasteiger partial charge in [-0.1, -0.05) is 0 Å². The van der Waals surface area contributed by atoms with E-state index in [1.807, 2.05) is 6.92 Å². The number of rotatable bonds is 1. The predicted octanol–water partition coefficient (Wildman–Crippen LogP) is 0.740. The maximum absolute atomic E-state index is 5.64. The molecule has 0 radical (unpaired) electrons. The van der Waals surface area contributed by atoms with Crippen molar-refractivity contribution in [1.29, 1.82) is 0 Å². The van der Waals surface area contributed by atoms with Crippen LogP contribution in [0.5, 0.6) is 0 Å². The van der Waals surface area contributed by atoms with Crippen LogP contribution in [0.15, 0.2) is 24.4 Å². The molecule has 0 fully saturated rings. The summed E-state index contributed by atoms with van der Waals surface area (Å²) in [6.07, 6.45) is 1.64. The zero-order valence-electron chi connectivity index (χ0n) is 7.81. The van der Waals surface area contributed by atoms with Gasteiger partial charge in [-0.3, -0.25) is 0 Å². The fourth-order valence-corrected chi connectivity index (χ4v) is 1.28. The van der Waals surface area contributed by atoms with Gasteiger partial charge in [0.25, 0.3) is 0 Å². The molecule has 5 heteroatoms. The molecule has 5 nitrogen and oxygen atoms in total. The minimum atomic E-state index is 0.478. The second-order valence-electron chi connectivity index (χ2n) is 3.07. The van der Waals surface area contributed by atoms with Crippen molar-refractivity contribution < 1.29 is 0 Å². The molecule has 0 aromatic carbocycles. The molecule has 0 aliphatic rings. The van der Waals surface area contributed by atoms with Gasteiger partial charge in [-0.05, 0) is 13.0 Å². The third kappa shape index (κ3) is 1.39. The van der Waals surface area contributed by atoms with Gasteiger partial charge in [0.15, 0.2) is 5.82 Å². The summed E-state index contributed by atoms with van der Waals surface area (Å²) in [6.45, 7) is 1.91. The average Bonchev–Trinajstić information content (AvgIpc) is 2.45. The SMILES string of the molecule is Cc1cc(N)nn1-c1cc(N)ccn1. The van der Waals surface area contributed by atoms with E-state index in [-0.39, 0.29) is 0 Å². The Balaban J connectivity index is 2.54. The van der Waals surface area contributed by atoms with Crippen molar-refractivity contribution >= 4 is 11.5 Å². The van der Waals surface area contributed by atoms with Gasteiger partial charge in [-0.2, -0.15) is 0 Å². The van der Waals surface area contributed by atoms with Crippen LogP contribution >= 0.6 is 0 Å². The normalized spacial score (nSPS) is 10.4. The molecule has 2 rings (SSSR count). The molecule has 0 spiro atoms. The number of nitrogen functional groups attached to an aromatic ring is 2. The molecule has 0 aliphatic carbocycles. The minimum absolute atomic E-state index is 0.478. The fourth-order valence-electron chi connectivity index (χ4n) is 1.28. The van der Waals surface area contributed by atoms with E-state index in [1.165, 1.54) is 0 Å². The number of nitrogens with zero attached hydrogens (tertiary/aromatic N) is 3. The molecule has 2 heterocycles.